The van der Waals surface area contributed by atoms with E-state index in [0.717, 1.165) is 36.4 Å². The Bertz CT molecular complexity index is 710. The van der Waals surface area contributed by atoms with Crippen molar-refractivity contribution in [2.24, 2.45) is 0 Å². The standard InChI is InChI=1S/C20H23ClN2O/c1-2-17(15-8-7-9-16(21)14-15)20(24)22-18-10-3-4-11-19(18)23-12-5-6-13-23/h3-4,7-11,14,17H,2,5-6,12-13H2,1H3,(H,22,24). The van der Waals surface area contributed by atoms with Crippen molar-refractivity contribution >= 4 is 28.9 Å². The van der Waals surface area contributed by atoms with Crippen LogP contribution in [0.15, 0.2) is 48.5 Å². The van der Waals surface area contributed by atoms with Crippen molar-refractivity contribution < 1.29 is 4.79 Å². The van der Waals surface area contributed by atoms with Gasteiger partial charge in [0.05, 0.1) is 17.3 Å². The number of hydrogen-bond donors (Lipinski definition) is 1. The van der Waals surface area contributed by atoms with E-state index in [9.17, 15) is 4.79 Å². The van der Waals surface area contributed by atoms with Gasteiger partial charge >= 0.3 is 0 Å². The molecule has 1 saturated heterocycles. The molecule has 1 aliphatic heterocycles. The summed E-state index contributed by atoms with van der Waals surface area (Å²) < 4.78 is 0. The molecule has 1 N–H and O–H groups in total. The van der Waals surface area contributed by atoms with Gasteiger partial charge in [0.1, 0.15) is 0 Å². The van der Waals surface area contributed by atoms with Crippen LogP contribution in [0.3, 0.4) is 0 Å². The number of amides is 1. The first-order chi connectivity index (χ1) is 11.7. The molecular weight excluding hydrogens is 320 g/mol. The van der Waals surface area contributed by atoms with E-state index in [0.29, 0.717) is 5.02 Å². The van der Waals surface area contributed by atoms with Crippen LogP contribution in [0.2, 0.25) is 5.02 Å². The van der Waals surface area contributed by atoms with Crippen molar-refractivity contribution in [1.29, 1.82) is 0 Å². The van der Waals surface area contributed by atoms with Crippen molar-refractivity contribution in [2.45, 2.75) is 32.1 Å². The lowest BCUT2D eigenvalue weighted by atomic mass is 9.95. The van der Waals surface area contributed by atoms with Crippen LogP contribution < -0.4 is 10.2 Å². The van der Waals surface area contributed by atoms with Crippen LogP contribution in [0.25, 0.3) is 0 Å². The molecule has 24 heavy (non-hydrogen) atoms. The van der Waals surface area contributed by atoms with Gasteiger partial charge in [-0.25, -0.2) is 0 Å². The molecule has 0 bridgehead atoms. The first kappa shape index (κ1) is 16.8. The van der Waals surface area contributed by atoms with Gasteiger partial charge in [0.2, 0.25) is 5.91 Å². The van der Waals surface area contributed by atoms with Crippen LogP contribution in [0, 0.1) is 0 Å². The molecule has 3 nitrogen and oxygen atoms in total. The number of nitrogens with one attached hydrogen (secondary N) is 1. The third-order valence-corrected chi connectivity index (χ3v) is 4.82. The second-order valence-corrected chi connectivity index (χ2v) is 6.65. The lowest BCUT2D eigenvalue weighted by Crippen LogP contribution is -2.24. The second kappa shape index (κ2) is 7.71. The van der Waals surface area contributed by atoms with Crippen molar-refractivity contribution in [2.75, 3.05) is 23.3 Å². The van der Waals surface area contributed by atoms with E-state index in [4.69, 9.17) is 11.6 Å². The van der Waals surface area contributed by atoms with Crippen molar-refractivity contribution in [3.8, 4) is 0 Å². The summed E-state index contributed by atoms with van der Waals surface area (Å²) in [6, 6.07) is 15.6. The van der Waals surface area contributed by atoms with Gasteiger partial charge in [0.25, 0.3) is 0 Å². The van der Waals surface area contributed by atoms with E-state index in [2.05, 4.69) is 16.3 Å². The molecule has 4 heteroatoms. The summed E-state index contributed by atoms with van der Waals surface area (Å²) in [6.07, 6.45) is 3.16. The average Bonchev–Trinajstić information content (AvgIpc) is 3.10. The molecule has 0 aromatic heterocycles. The number of hydrogen-bond acceptors (Lipinski definition) is 2. The highest BCUT2D eigenvalue weighted by atomic mass is 35.5. The summed E-state index contributed by atoms with van der Waals surface area (Å²) in [7, 11) is 0. The molecule has 0 aliphatic carbocycles. The number of nitrogens with zero attached hydrogens (tertiary/aromatic N) is 1. The average molecular weight is 343 g/mol. The Balaban J connectivity index is 1.81. The number of rotatable bonds is 5. The molecule has 1 unspecified atom stereocenters. The number of carbonyl (C=O) groups excluding carboxylic acids is 1. The number of anilines is 2. The van der Waals surface area contributed by atoms with Crippen LogP contribution in [0.5, 0.6) is 0 Å². The fourth-order valence-corrected chi connectivity index (χ4v) is 3.53. The minimum absolute atomic E-state index is 0.0198. The largest absolute Gasteiger partial charge is 0.370 e. The first-order valence-electron chi connectivity index (χ1n) is 8.59. The number of benzene rings is 2. The van der Waals surface area contributed by atoms with Crippen LogP contribution in [-0.4, -0.2) is 19.0 Å². The summed E-state index contributed by atoms with van der Waals surface area (Å²) in [5, 5.41) is 3.80. The van der Waals surface area contributed by atoms with E-state index in [1.54, 1.807) is 0 Å². The van der Waals surface area contributed by atoms with E-state index in [1.165, 1.54) is 12.8 Å². The van der Waals surface area contributed by atoms with Crippen LogP contribution >= 0.6 is 11.6 Å². The van der Waals surface area contributed by atoms with Crippen molar-refractivity contribution in [1.82, 2.24) is 0 Å². The van der Waals surface area contributed by atoms with E-state index < -0.39 is 0 Å². The fraction of sp³-hybridized carbons (Fsp3) is 0.350. The highest BCUT2D eigenvalue weighted by molar-refractivity contribution is 6.30. The van der Waals surface area contributed by atoms with Gasteiger partial charge < -0.3 is 10.2 Å². The molecular formula is C20H23ClN2O. The molecule has 3 rings (SSSR count). The van der Waals surface area contributed by atoms with Gasteiger partial charge in [0, 0.05) is 18.1 Å². The summed E-state index contributed by atoms with van der Waals surface area (Å²) in [6.45, 7) is 4.13. The normalized spacial score (nSPS) is 15.3. The zero-order valence-corrected chi connectivity index (χ0v) is 14.7. The SMILES string of the molecule is CCC(C(=O)Nc1ccccc1N1CCCC1)c1cccc(Cl)c1. The van der Waals surface area contributed by atoms with Crippen molar-refractivity contribution in [3.05, 3.63) is 59.1 Å². The zero-order chi connectivity index (χ0) is 16.9. The predicted octanol–water partition coefficient (Wildman–Crippen LogP) is 5.07. The molecule has 1 amide bonds. The van der Waals surface area contributed by atoms with Crippen LogP contribution in [0.4, 0.5) is 11.4 Å². The molecule has 1 atom stereocenters. The molecule has 1 heterocycles. The minimum atomic E-state index is -0.199. The number of carbonyl (C=O) groups is 1. The summed E-state index contributed by atoms with van der Waals surface area (Å²) in [5.74, 6) is -0.179. The highest BCUT2D eigenvalue weighted by Gasteiger charge is 2.21. The summed E-state index contributed by atoms with van der Waals surface area (Å²) >= 11 is 6.08. The molecule has 126 valence electrons. The lowest BCUT2D eigenvalue weighted by molar-refractivity contribution is -0.117. The number of para-hydroxylation sites is 2. The monoisotopic (exact) mass is 342 g/mol. The van der Waals surface area contributed by atoms with Gasteiger partial charge in [-0.15, -0.1) is 0 Å². The Hall–Kier alpha value is -2.00. The van der Waals surface area contributed by atoms with E-state index >= 15 is 0 Å². The third-order valence-electron chi connectivity index (χ3n) is 4.58. The maximum absolute atomic E-state index is 12.8. The lowest BCUT2D eigenvalue weighted by Gasteiger charge is -2.23. The minimum Gasteiger partial charge on any atom is -0.370 e. The van der Waals surface area contributed by atoms with Gasteiger partial charge in [-0.05, 0) is 49.1 Å². The summed E-state index contributed by atoms with van der Waals surface area (Å²) in [5.41, 5.74) is 2.97. The van der Waals surface area contributed by atoms with Gasteiger partial charge in [-0.3, -0.25) is 4.79 Å². The Morgan fingerprint density at radius 2 is 1.92 bits per heavy atom. The predicted molar refractivity (Wildman–Crippen MR) is 101 cm³/mol. The Morgan fingerprint density at radius 1 is 1.17 bits per heavy atom. The smallest absolute Gasteiger partial charge is 0.231 e. The van der Waals surface area contributed by atoms with Gasteiger partial charge in [0.15, 0.2) is 0 Å². The Morgan fingerprint density at radius 3 is 2.62 bits per heavy atom. The van der Waals surface area contributed by atoms with Crippen LogP contribution in [0.1, 0.15) is 37.7 Å². The van der Waals surface area contributed by atoms with Crippen LogP contribution in [-0.2, 0) is 4.79 Å². The molecule has 0 saturated carbocycles. The summed E-state index contributed by atoms with van der Waals surface area (Å²) in [4.78, 5) is 15.2. The maximum Gasteiger partial charge on any atom is 0.231 e. The Labute approximate surface area is 148 Å². The van der Waals surface area contributed by atoms with Crippen molar-refractivity contribution in [3.63, 3.8) is 0 Å². The maximum atomic E-state index is 12.8. The number of halogens is 1. The fourth-order valence-electron chi connectivity index (χ4n) is 3.33. The Kier molecular flexibility index (Phi) is 5.41. The zero-order valence-electron chi connectivity index (χ0n) is 14.0. The van der Waals surface area contributed by atoms with E-state index in [-0.39, 0.29) is 11.8 Å². The third kappa shape index (κ3) is 3.73. The van der Waals surface area contributed by atoms with Gasteiger partial charge in [-0.2, -0.15) is 0 Å². The quantitative estimate of drug-likeness (QED) is 0.822. The molecule has 0 radical (unpaired) electrons. The molecule has 1 fully saturated rings. The van der Waals surface area contributed by atoms with E-state index in [1.807, 2.05) is 49.4 Å². The second-order valence-electron chi connectivity index (χ2n) is 6.22. The highest BCUT2D eigenvalue weighted by Crippen LogP contribution is 2.30. The topological polar surface area (TPSA) is 32.3 Å². The first-order valence-corrected chi connectivity index (χ1v) is 8.97. The van der Waals surface area contributed by atoms with Gasteiger partial charge in [-0.1, -0.05) is 42.8 Å². The molecule has 1 aliphatic rings. The molecule has 2 aromatic rings. The molecule has 2 aromatic carbocycles. The molecule has 0 spiro atoms.